The summed E-state index contributed by atoms with van der Waals surface area (Å²) in [5.74, 6) is -0.232. The third-order valence-electron chi connectivity index (χ3n) is 3.45. The summed E-state index contributed by atoms with van der Waals surface area (Å²) in [5, 5.41) is 11.9. The molecule has 0 unspecified atom stereocenters. The van der Waals surface area contributed by atoms with Crippen molar-refractivity contribution in [1.29, 1.82) is 0 Å². The summed E-state index contributed by atoms with van der Waals surface area (Å²) in [6.07, 6.45) is -2.72. The van der Waals surface area contributed by atoms with Gasteiger partial charge in [-0.2, -0.15) is 0 Å². The molecule has 0 aliphatic carbocycles. The Labute approximate surface area is 135 Å². The highest BCUT2D eigenvalue weighted by molar-refractivity contribution is 7.25. The van der Waals surface area contributed by atoms with Crippen molar-refractivity contribution in [3.05, 3.63) is 45.6 Å². The first-order chi connectivity index (χ1) is 11.0. The molecule has 0 spiro atoms. The minimum absolute atomic E-state index is 0.188. The van der Waals surface area contributed by atoms with Gasteiger partial charge in [0.25, 0.3) is 12.0 Å². The van der Waals surface area contributed by atoms with Crippen molar-refractivity contribution < 1.29 is 13.9 Å². The van der Waals surface area contributed by atoms with Gasteiger partial charge in [0.1, 0.15) is 10.6 Å². The van der Waals surface area contributed by atoms with Crippen molar-refractivity contribution in [3.63, 3.8) is 0 Å². The number of nitrogens with one attached hydrogen (secondary N) is 1. The SMILES string of the molecule is O=c1cc(O)c2sc3nc(-c4cccs4)cc(C(F)F)c3c2[nH]1. The van der Waals surface area contributed by atoms with Gasteiger partial charge in [0.2, 0.25) is 0 Å². The molecule has 2 N–H and O–H groups in total. The summed E-state index contributed by atoms with van der Waals surface area (Å²) in [7, 11) is 0. The van der Waals surface area contributed by atoms with E-state index in [1.165, 1.54) is 17.4 Å². The molecule has 8 heteroatoms. The van der Waals surface area contributed by atoms with Crippen LogP contribution in [0.2, 0.25) is 0 Å². The number of alkyl halides is 2. The molecule has 4 rings (SSSR count). The lowest BCUT2D eigenvalue weighted by molar-refractivity contribution is 0.153. The van der Waals surface area contributed by atoms with E-state index in [1.54, 1.807) is 6.07 Å². The molecule has 23 heavy (non-hydrogen) atoms. The second kappa shape index (κ2) is 5.10. The van der Waals surface area contributed by atoms with Crippen LogP contribution in [0.4, 0.5) is 8.78 Å². The number of fused-ring (bicyclic) bond motifs is 3. The van der Waals surface area contributed by atoms with Gasteiger partial charge in [0.15, 0.2) is 0 Å². The Bertz CT molecular complexity index is 1080. The van der Waals surface area contributed by atoms with Crippen LogP contribution in [-0.2, 0) is 0 Å². The predicted octanol–water partition coefficient (Wildman–Crippen LogP) is 4.51. The highest BCUT2D eigenvalue weighted by Crippen LogP contribution is 2.41. The number of rotatable bonds is 2. The Morgan fingerprint density at radius 1 is 1.30 bits per heavy atom. The van der Waals surface area contributed by atoms with Crippen LogP contribution in [0.5, 0.6) is 5.75 Å². The predicted molar refractivity (Wildman–Crippen MR) is 87.7 cm³/mol. The van der Waals surface area contributed by atoms with Crippen molar-refractivity contribution in [3.8, 4) is 16.3 Å². The minimum atomic E-state index is -2.72. The molecule has 4 heterocycles. The summed E-state index contributed by atoms with van der Waals surface area (Å²) < 4.78 is 27.4. The van der Waals surface area contributed by atoms with E-state index in [-0.39, 0.29) is 22.2 Å². The molecule has 116 valence electrons. The summed E-state index contributed by atoms with van der Waals surface area (Å²) in [4.78, 5) is 19.7. The average Bonchev–Trinajstić information content (AvgIpc) is 3.13. The molecule has 0 radical (unpaired) electrons. The van der Waals surface area contributed by atoms with Crippen molar-refractivity contribution in [2.75, 3.05) is 0 Å². The molecule has 0 aliphatic heterocycles. The zero-order valence-electron chi connectivity index (χ0n) is 11.3. The molecule has 4 aromatic heterocycles. The minimum Gasteiger partial charge on any atom is -0.506 e. The number of nitrogens with zero attached hydrogens (tertiary/aromatic N) is 1. The van der Waals surface area contributed by atoms with Crippen molar-refractivity contribution in [1.82, 2.24) is 9.97 Å². The first-order valence-electron chi connectivity index (χ1n) is 6.56. The third kappa shape index (κ3) is 2.22. The maximum absolute atomic E-state index is 13.6. The number of pyridine rings is 2. The normalized spacial score (nSPS) is 11.8. The Morgan fingerprint density at radius 2 is 2.13 bits per heavy atom. The fourth-order valence-electron chi connectivity index (χ4n) is 2.50. The van der Waals surface area contributed by atoms with Gasteiger partial charge in [0, 0.05) is 17.0 Å². The van der Waals surface area contributed by atoms with Gasteiger partial charge in [-0.15, -0.1) is 22.7 Å². The molecule has 0 aliphatic rings. The van der Waals surface area contributed by atoms with E-state index in [2.05, 4.69) is 9.97 Å². The van der Waals surface area contributed by atoms with E-state index >= 15 is 0 Å². The lowest BCUT2D eigenvalue weighted by Gasteiger charge is -2.05. The molecule has 0 fully saturated rings. The molecule has 0 bridgehead atoms. The summed E-state index contributed by atoms with van der Waals surface area (Å²) >= 11 is 2.49. The maximum Gasteiger partial charge on any atom is 0.264 e. The lowest BCUT2D eigenvalue weighted by Crippen LogP contribution is -2.02. The number of H-pyrrole nitrogens is 1. The number of aromatic hydroxyl groups is 1. The standard InChI is InChI=1S/C15H8F2N2O2S2/c16-14(17)6-4-7(9-2-1-3-22-9)18-15-11(6)12-13(23-15)8(20)5-10(21)19-12/h1-5,14H,(H2,19,20,21). The van der Waals surface area contributed by atoms with Gasteiger partial charge in [-0.25, -0.2) is 13.8 Å². The topological polar surface area (TPSA) is 66.0 Å². The summed E-state index contributed by atoms with van der Waals surface area (Å²) in [6, 6.07) is 6.00. The van der Waals surface area contributed by atoms with Crippen molar-refractivity contribution >= 4 is 43.1 Å². The number of hydrogen-bond acceptors (Lipinski definition) is 5. The third-order valence-corrected chi connectivity index (χ3v) is 5.45. The number of aromatic amines is 1. The second-order valence-corrected chi connectivity index (χ2v) is 6.83. The monoisotopic (exact) mass is 350 g/mol. The molecule has 0 amide bonds. The molecular formula is C15H8F2N2O2S2. The number of aromatic nitrogens is 2. The number of thiophene rings is 2. The zero-order valence-corrected chi connectivity index (χ0v) is 13.0. The molecule has 0 aromatic carbocycles. The largest absolute Gasteiger partial charge is 0.506 e. The van der Waals surface area contributed by atoms with Crippen LogP contribution in [0.15, 0.2) is 34.4 Å². The molecular weight excluding hydrogens is 342 g/mol. The van der Waals surface area contributed by atoms with Gasteiger partial charge in [-0.3, -0.25) is 4.79 Å². The van der Waals surface area contributed by atoms with Crippen LogP contribution < -0.4 is 5.56 Å². The molecule has 0 saturated carbocycles. The first-order valence-corrected chi connectivity index (χ1v) is 8.25. The Morgan fingerprint density at radius 3 is 2.83 bits per heavy atom. The van der Waals surface area contributed by atoms with Crippen molar-refractivity contribution in [2.24, 2.45) is 0 Å². The van der Waals surface area contributed by atoms with Gasteiger partial charge < -0.3 is 10.1 Å². The van der Waals surface area contributed by atoms with Crippen molar-refractivity contribution in [2.45, 2.75) is 6.43 Å². The highest BCUT2D eigenvalue weighted by Gasteiger charge is 2.21. The zero-order chi connectivity index (χ0) is 16.1. The maximum atomic E-state index is 13.6. The Balaban J connectivity index is 2.16. The van der Waals surface area contributed by atoms with Crippen LogP contribution >= 0.6 is 22.7 Å². The van der Waals surface area contributed by atoms with E-state index < -0.39 is 12.0 Å². The fraction of sp³-hybridized carbons (Fsp3) is 0.0667. The summed E-state index contributed by atoms with van der Waals surface area (Å²) in [6.45, 7) is 0. The van der Waals surface area contributed by atoms with Gasteiger partial charge in [-0.05, 0) is 17.5 Å². The highest BCUT2D eigenvalue weighted by atomic mass is 32.1. The molecule has 0 saturated heterocycles. The number of halogens is 2. The lowest BCUT2D eigenvalue weighted by atomic mass is 10.1. The van der Waals surface area contributed by atoms with E-state index in [9.17, 15) is 18.7 Å². The molecule has 0 atom stereocenters. The van der Waals surface area contributed by atoms with E-state index in [1.807, 2.05) is 11.4 Å². The van der Waals surface area contributed by atoms with Crippen LogP contribution in [0.25, 0.3) is 31.0 Å². The summed E-state index contributed by atoms with van der Waals surface area (Å²) in [5.41, 5.74) is -0.0881. The average molecular weight is 350 g/mol. The van der Waals surface area contributed by atoms with Gasteiger partial charge in [-0.1, -0.05) is 6.07 Å². The fourth-order valence-corrected chi connectivity index (χ4v) is 4.26. The van der Waals surface area contributed by atoms with Crippen LogP contribution in [0.1, 0.15) is 12.0 Å². The Kier molecular flexibility index (Phi) is 3.17. The molecule has 4 nitrogen and oxygen atoms in total. The van der Waals surface area contributed by atoms with E-state index in [4.69, 9.17) is 0 Å². The number of hydrogen-bond donors (Lipinski definition) is 2. The van der Waals surface area contributed by atoms with Gasteiger partial charge in [0.05, 0.1) is 20.8 Å². The molecule has 4 aromatic rings. The van der Waals surface area contributed by atoms with Crippen LogP contribution in [0, 0.1) is 0 Å². The van der Waals surface area contributed by atoms with Crippen LogP contribution in [-0.4, -0.2) is 15.1 Å². The van der Waals surface area contributed by atoms with Crippen LogP contribution in [0.3, 0.4) is 0 Å². The smallest absolute Gasteiger partial charge is 0.264 e. The van der Waals surface area contributed by atoms with E-state index in [0.29, 0.717) is 15.2 Å². The van der Waals surface area contributed by atoms with E-state index in [0.717, 1.165) is 22.3 Å². The quantitative estimate of drug-likeness (QED) is 0.559. The van der Waals surface area contributed by atoms with Gasteiger partial charge >= 0.3 is 0 Å². The first kappa shape index (κ1) is 14.3. The Hall–Kier alpha value is -2.32. The second-order valence-electron chi connectivity index (χ2n) is 4.88.